The summed E-state index contributed by atoms with van der Waals surface area (Å²) in [5.74, 6) is 0.720. The van der Waals surface area contributed by atoms with E-state index < -0.39 is 0 Å². The van der Waals surface area contributed by atoms with E-state index in [1.165, 1.54) is 5.56 Å². The van der Waals surface area contributed by atoms with Crippen LogP contribution >= 0.6 is 15.9 Å². The Labute approximate surface area is 115 Å². The molecule has 0 aromatic carbocycles. The van der Waals surface area contributed by atoms with Gasteiger partial charge in [-0.05, 0) is 34.3 Å². The highest BCUT2D eigenvalue weighted by atomic mass is 79.9. The molecule has 0 spiro atoms. The van der Waals surface area contributed by atoms with E-state index in [0.717, 1.165) is 34.4 Å². The molecule has 2 heterocycles. The fourth-order valence-corrected chi connectivity index (χ4v) is 2.34. The van der Waals surface area contributed by atoms with Crippen LogP contribution in [0.2, 0.25) is 0 Å². The Balaban J connectivity index is 2.61. The topological polar surface area (TPSA) is 69.6 Å². The van der Waals surface area contributed by atoms with Crippen LogP contribution in [0.4, 0.5) is 0 Å². The molecule has 0 unspecified atom stereocenters. The van der Waals surface area contributed by atoms with Crippen molar-refractivity contribution in [2.45, 2.75) is 33.2 Å². The molecule has 0 aliphatic heterocycles. The lowest BCUT2D eigenvalue weighted by Gasteiger charge is -2.13. The second kappa shape index (κ2) is 5.58. The Hall–Kier alpha value is -1.27. The van der Waals surface area contributed by atoms with Crippen LogP contribution in [-0.4, -0.2) is 20.0 Å². The molecule has 0 saturated heterocycles. The molecule has 0 aliphatic rings. The number of nitrogens with two attached hydrogens (primary N) is 1. The Morgan fingerprint density at radius 2 is 2.00 bits per heavy atom. The first-order chi connectivity index (χ1) is 8.71. The third kappa shape index (κ3) is 2.30. The van der Waals surface area contributed by atoms with Gasteiger partial charge in [0.25, 0.3) is 0 Å². The van der Waals surface area contributed by atoms with E-state index in [2.05, 4.69) is 45.1 Å². The molecule has 2 aromatic heterocycles. The van der Waals surface area contributed by atoms with Crippen LogP contribution in [0, 0.1) is 0 Å². The van der Waals surface area contributed by atoms with E-state index in [0.29, 0.717) is 6.54 Å². The summed E-state index contributed by atoms with van der Waals surface area (Å²) in [6, 6.07) is 0. The zero-order valence-electron chi connectivity index (χ0n) is 10.5. The highest BCUT2D eigenvalue weighted by Gasteiger charge is 2.15. The van der Waals surface area contributed by atoms with Crippen molar-refractivity contribution in [1.82, 2.24) is 20.0 Å². The smallest absolute Gasteiger partial charge is 0.180 e. The first-order valence-corrected chi connectivity index (χ1v) is 6.78. The molecule has 0 radical (unpaired) electrons. The standard InChI is InChI=1S/C12H16BrN5/c1-3-9-10(5-14)12(17-16-11(9)4-2)18-7-8(13)6-15-18/h6-7H,3-5,14H2,1-2H3. The van der Waals surface area contributed by atoms with E-state index in [-0.39, 0.29) is 0 Å². The third-order valence-electron chi connectivity index (χ3n) is 2.91. The molecule has 0 fully saturated rings. The average Bonchev–Trinajstić information content (AvgIpc) is 2.83. The predicted octanol–water partition coefficient (Wildman–Crippen LogP) is 2.01. The van der Waals surface area contributed by atoms with E-state index in [1.54, 1.807) is 10.9 Å². The zero-order valence-corrected chi connectivity index (χ0v) is 12.1. The van der Waals surface area contributed by atoms with Gasteiger partial charge in [0.05, 0.1) is 16.4 Å². The normalized spacial score (nSPS) is 10.9. The Morgan fingerprint density at radius 1 is 1.22 bits per heavy atom. The minimum atomic E-state index is 0.443. The summed E-state index contributed by atoms with van der Waals surface area (Å²) in [6.45, 7) is 4.63. The molecule has 18 heavy (non-hydrogen) atoms. The van der Waals surface area contributed by atoms with Crippen molar-refractivity contribution in [2.75, 3.05) is 0 Å². The zero-order chi connectivity index (χ0) is 13.1. The SMILES string of the molecule is CCc1nnc(-n2cc(Br)cn2)c(CN)c1CC. The second-order valence-electron chi connectivity index (χ2n) is 3.94. The number of hydrogen-bond acceptors (Lipinski definition) is 4. The third-order valence-corrected chi connectivity index (χ3v) is 3.32. The van der Waals surface area contributed by atoms with Gasteiger partial charge in [0.2, 0.25) is 0 Å². The summed E-state index contributed by atoms with van der Waals surface area (Å²) in [6.07, 6.45) is 5.35. The quantitative estimate of drug-likeness (QED) is 0.938. The van der Waals surface area contributed by atoms with Crippen molar-refractivity contribution < 1.29 is 0 Å². The number of hydrogen-bond donors (Lipinski definition) is 1. The fraction of sp³-hybridized carbons (Fsp3) is 0.417. The Bertz CT molecular complexity index is 549. The minimum absolute atomic E-state index is 0.443. The molecular weight excluding hydrogens is 294 g/mol. The molecule has 2 N–H and O–H groups in total. The number of nitrogens with zero attached hydrogens (tertiary/aromatic N) is 4. The number of aryl methyl sites for hydroxylation is 1. The minimum Gasteiger partial charge on any atom is -0.326 e. The highest BCUT2D eigenvalue weighted by molar-refractivity contribution is 9.10. The molecule has 0 atom stereocenters. The lowest BCUT2D eigenvalue weighted by molar-refractivity contribution is 0.756. The average molecular weight is 310 g/mol. The molecule has 0 aliphatic carbocycles. The van der Waals surface area contributed by atoms with E-state index >= 15 is 0 Å². The summed E-state index contributed by atoms with van der Waals surface area (Å²) < 4.78 is 2.61. The summed E-state index contributed by atoms with van der Waals surface area (Å²) in [7, 11) is 0. The molecule has 0 saturated carbocycles. The number of halogens is 1. The number of aromatic nitrogens is 4. The molecular formula is C12H16BrN5. The van der Waals surface area contributed by atoms with Gasteiger partial charge in [-0.2, -0.15) is 10.2 Å². The van der Waals surface area contributed by atoms with Crippen LogP contribution in [0.25, 0.3) is 5.82 Å². The lowest BCUT2D eigenvalue weighted by Crippen LogP contribution is -2.14. The molecule has 2 aromatic rings. The lowest BCUT2D eigenvalue weighted by atomic mass is 10.0. The fourth-order valence-electron chi connectivity index (χ4n) is 2.05. The maximum atomic E-state index is 5.87. The molecule has 0 amide bonds. The maximum absolute atomic E-state index is 5.87. The largest absolute Gasteiger partial charge is 0.326 e. The van der Waals surface area contributed by atoms with Crippen molar-refractivity contribution in [1.29, 1.82) is 0 Å². The molecule has 96 valence electrons. The van der Waals surface area contributed by atoms with Crippen LogP contribution in [0.3, 0.4) is 0 Å². The van der Waals surface area contributed by atoms with Crippen molar-refractivity contribution in [3.05, 3.63) is 33.7 Å². The molecule has 6 heteroatoms. The van der Waals surface area contributed by atoms with Gasteiger partial charge in [0.1, 0.15) is 0 Å². The molecule has 0 bridgehead atoms. The summed E-state index contributed by atoms with van der Waals surface area (Å²) in [5, 5.41) is 12.8. The number of rotatable bonds is 4. The van der Waals surface area contributed by atoms with Crippen molar-refractivity contribution in [3.8, 4) is 5.82 Å². The van der Waals surface area contributed by atoms with Gasteiger partial charge in [0.15, 0.2) is 5.82 Å². The van der Waals surface area contributed by atoms with Gasteiger partial charge in [-0.15, -0.1) is 5.10 Å². The summed E-state index contributed by atoms with van der Waals surface area (Å²) in [4.78, 5) is 0. The first kappa shape index (κ1) is 13.2. The van der Waals surface area contributed by atoms with Gasteiger partial charge >= 0.3 is 0 Å². The predicted molar refractivity (Wildman–Crippen MR) is 73.5 cm³/mol. The van der Waals surface area contributed by atoms with Crippen LogP contribution in [0.15, 0.2) is 16.9 Å². The highest BCUT2D eigenvalue weighted by Crippen LogP contribution is 2.20. The maximum Gasteiger partial charge on any atom is 0.180 e. The Morgan fingerprint density at radius 3 is 2.50 bits per heavy atom. The summed E-state index contributed by atoms with van der Waals surface area (Å²) in [5.41, 5.74) is 9.11. The van der Waals surface area contributed by atoms with E-state index in [4.69, 9.17) is 5.73 Å². The van der Waals surface area contributed by atoms with Gasteiger partial charge in [-0.1, -0.05) is 13.8 Å². The summed E-state index contributed by atoms with van der Waals surface area (Å²) >= 11 is 3.38. The van der Waals surface area contributed by atoms with Crippen LogP contribution in [0.5, 0.6) is 0 Å². The molecule has 2 rings (SSSR count). The second-order valence-corrected chi connectivity index (χ2v) is 4.86. The van der Waals surface area contributed by atoms with E-state index in [1.807, 2.05) is 6.20 Å². The van der Waals surface area contributed by atoms with Crippen molar-refractivity contribution in [2.24, 2.45) is 5.73 Å². The van der Waals surface area contributed by atoms with Crippen LogP contribution in [-0.2, 0) is 19.4 Å². The van der Waals surface area contributed by atoms with Crippen molar-refractivity contribution >= 4 is 15.9 Å². The van der Waals surface area contributed by atoms with Crippen LogP contribution in [0.1, 0.15) is 30.7 Å². The van der Waals surface area contributed by atoms with Crippen molar-refractivity contribution in [3.63, 3.8) is 0 Å². The first-order valence-electron chi connectivity index (χ1n) is 5.99. The van der Waals surface area contributed by atoms with Gasteiger partial charge in [0, 0.05) is 18.3 Å². The molecule has 5 nitrogen and oxygen atoms in total. The van der Waals surface area contributed by atoms with Gasteiger partial charge in [-0.25, -0.2) is 4.68 Å². The Kier molecular flexibility index (Phi) is 4.08. The monoisotopic (exact) mass is 309 g/mol. The van der Waals surface area contributed by atoms with Crippen LogP contribution < -0.4 is 5.73 Å². The van der Waals surface area contributed by atoms with Gasteiger partial charge in [-0.3, -0.25) is 0 Å². The van der Waals surface area contributed by atoms with Gasteiger partial charge < -0.3 is 5.73 Å². The van der Waals surface area contributed by atoms with E-state index in [9.17, 15) is 0 Å².